The van der Waals surface area contributed by atoms with Gasteiger partial charge in [-0.25, -0.2) is 13.8 Å². The van der Waals surface area contributed by atoms with Crippen LogP contribution in [-0.4, -0.2) is 25.1 Å². The highest BCUT2D eigenvalue weighted by atomic mass is 19.3. The molecule has 0 radical (unpaired) electrons. The quantitative estimate of drug-likeness (QED) is 0.809. The Kier molecular flexibility index (Phi) is 3.36. The molecule has 3 aromatic rings. The zero-order valence-electron chi connectivity index (χ0n) is 11.9. The van der Waals surface area contributed by atoms with Crippen LogP contribution in [0.3, 0.4) is 0 Å². The number of nitrogens with one attached hydrogen (secondary N) is 1. The van der Waals surface area contributed by atoms with Gasteiger partial charge in [-0.2, -0.15) is 5.10 Å². The van der Waals surface area contributed by atoms with Gasteiger partial charge < -0.3 is 9.72 Å². The smallest absolute Gasteiger partial charge is 0.284 e. The number of carbonyl (C=O) groups excluding carboxylic acids is 1. The van der Waals surface area contributed by atoms with Crippen LogP contribution in [0.4, 0.5) is 14.5 Å². The summed E-state index contributed by atoms with van der Waals surface area (Å²) in [4.78, 5) is 16.4. The largest absolute Gasteiger partial charge is 0.317 e. The summed E-state index contributed by atoms with van der Waals surface area (Å²) in [6.45, 7) is 1.92. The van der Waals surface area contributed by atoms with Gasteiger partial charge in [-0.3, -0.25) is 9.48 Å². The minimum absolute atomic E-state index is 0.0178. The summed E-state index contributed by atoms with van der Waals surface area (Å²) in [6, 6.07) is 3.65. The Labute approximate surface area is 124 Å². The lowest BCUT2D eigenvalue weighted by molar-refractivity contribution is 0.102. The number of nitrogens with zero attached hydrogens (tertiary/aromatic N) is 4. The molecule has 0 aliphatic carbocycles. The van der Waals surface area contributed by atoms with Crippen LogP contribution in [0.5, 0.6) is 0 Å². The molecule has 0 aliphatic rings. The Morgan fingerprint density at radius 1 is 1.27 bits per heavy atom. The summed E-state index contributed by atoms with van der Waals surface area (Å²) in [5.74, 6) is -0.559. The average Bonchev–Trinajstić information content (AvgIpc) is 3.01. The molecule has 3 rings (SSSR count). The molecule has 0 spiro atoms. The molecular weight excluding hydrogens is 292 g/mol. The van der Waals surface area contributed by atoms with E-state index in [9.17, 15) is 13.6 Å². The number of hydrogen-bond donors (Lipinski definition) is 1. The minimum Gasteiger partial charge on any atom is -0.317 e. The van der Waals surface area contributed by atoms with Crippen molar-refractivity contribution in [3.8, 4) is 0 Å². The summed E-state index contributed by atoms with van der Waals surface area (Å²) < 4.78 is 28.7. The number of rotatable bonds is 3. The van der Waals surface area contributed by atoms with Crippen LogP contribution < -0.4 is 5.32 Å². The van der Waals surface area contributed by atoms with Crippen molar-refractivity contribution in [2.45, 2.75) is 13.3 Å². The minimum atomic E-state index is -2.76. The van der Waals surface area contributed by atoms with E-state index >= 15 is 0 Å². The van der Waals surface area contributed by atoms with Crippen LogP contribution >= 0.6 is 0 Å². The molecule has 0 unspecified atom stereocenters. The number of aromatic nitrogens is 4. The van der Waals surface area contributed by atoms with Crippen molar-refractivity contribution < 1.29 is 13.6 Å². The fraction of sp³-hybridized carbons (Fsp3) is 0.214. The first kappa shape index (κ1) is 14.2. The van der Waals surface area contributed by atoms with Crippen molar-refractivity contribution >= 4 is 17.2 Å². The summed E-state index contributed by atoms with van der Waals surface area (Å²) >= 11 is 0. The lowest BCUT2D eigenvalue weighted by Gasteiger charge is -2.02. The van der Waals surface area contributed by atoms with Crippen LogP contribution in [0.2, 0.25) is 0 Å². The molecule has 8 heteroatoms. The standard InChI is InChI=1S/C14H13F2N5O/c1-8-3-4-11-17-10(7-21(11)5-8)14(22)18-9-6-20(2)19-12(9)13(15)16/h3-7,13H,1-2H3,(H,18,22). The van der Waals surface area contributed by atoms with E-state index in [1.54, 1.807) is 16.7 Å². The van der Waals surface area contributed by atoms with Gasteiger partial charge in [0.25, 0.3) is 12.3 Å². The second-order valence-electron chi connectivity index (χ2n) is 4.95. The SMILES string of the molecule is Cc1ccc2nc(C(=O)Nc3cn(C)nc3C(F)F)cn2c1. The molecule has 0 bridgehead atoms. The van der Waals surface area contributed by atoms with Gasteiger partial charge >= 0.3 is 0 Å². The summed E-state index contributed by atoms with van der Waals surface area (Å²) in [6.07, 6.45) is 1.95. The maximum atomic E-state index is 12.9. The third-order valence-corrected chi connectivity index (χ3v) is 3.14. The van der Waals surface area contributed by atoms with E-state index in [0.717, 1.165) is 5.56 Å². The van der Waals surface area contributed by atoms with Gasteiger partial charge in [0.05, 0.1) is 5.69 Å². The molecule has 114 valence electrons. The molecular formula is C14H13F2N5O. The first-order valence-corrected chi connectivity index (χ1v) is 6.52. The molecule has 0 aliphatic heterocycles. The number of halogens is 2. The summed E-state index contributed by atoms with van der Waals surface area (Å²) in [5.41, 5.74) is 1.29. The van der Waals surface area contributed by atoms with Gasteiger partial charge in [0.1, 0.15) is 11.3 Å². The summed E-state index contributed by atoms with van der Waals surface area (Å²) in [5, 5.41) is 6.06. The number of anilines is 1. The van der Waals surface area contributed by atoms with E-state index < -0.39 is 18.0 Å². The molecule has 6 nitrogen and oxygen atoms in total. The molecule has 0 fully saturated rings. The second kappa shape index (κ2) is 5.21. The Hall–Kier alpha value is -2.77. The number of pyridine rings is 1. The van der Waals surface area contributed by atoms with Gasteiger partial charge in [0, 0.05) is 25.6 Å². The first-order chi connectivity index (χ1) is 10.4. The lowest BCUT2D eigenvalue weighted by Crippen LogP contribution is -2.13. The zero-order chi connectivity index (χ0) is 15.9. The van der Waals surface area contributed by atoms with E-state index in [1.165, 1.54) is 17.9 Å². The first-order valence-electron chi connectivity index (χ1n) is 6.52. The highest BCUT2D eigenvalue weighted by molar-refractivity contribution is 6.03. The maximum Gasteiger partial charge on any atom is 0.284 e. The second-order valence-corrected chi connectivity index (χ2v) is 4.95. The normalized spacial score (nSPS) is 11.3. The number of carbonyl (C=O) groups is 1. The third-order valence-electron chi connectivity index (χ3n) is 3.14. The van der Waals surface area contributed by atoms with Gasteiger partial charge in [0.15, 0.2) is 5.69 Å². The van der Waals surface area contributed by atoms with Crippen molar-refractivity contribution in [3.05, 3.63) is 47.7 Å². The van der Waals surface area contributed by atoms with Crippen LogP contribution in [0.25, 0.3) is 5.65 Å². The Morgan fingerprint density at radius 2 is 2.05 bits per heavy atom. The molecule has 1 N–H and O–H groups in total. The number of aryl methyl sites for hydroxylation is 2. The molecule has 0 saturated heterocycles. The number of alkyl halides is 2. The van der Waals surface area contributed by atoms with Gasteiger partial charge in [-0.15, -0.1) is 0 Å². The monoisotopic (exact) mass is 305 g/mol. The van der Waals surface area contributed by atoms with Crippen molar-refractivity contribution in [2.24, 2.45) is 7.05 Å². The van der Waals surface area contributed by atoms with E-state index in [-0.39, 0.29) is 11.4 Å². The van der Waals surface area contributed by atoms with E-state index in [4.69, 9.17) is 0 Å². The molecule has 22 heavy (non-hydrogen) atoms. The van der Waals surface area contributed by atoms with E-state index in [0.29, 0.717) is 5.65 Å². The van der Waals surface area contributed by atoms with E-state index in [2.05, 4.69) is 15.4 Å². The fourth-order valence-corrected chi connectivity index (χ4v) is 2.16. The highest BCUT2D eigenvalue weighted by Gasteiger charge is 2.20. The fourth-order valence-electron chi connectivity index (χ4n) is 2.16. The number of fused-ring (bicyclic) bond motifs is 1. The van der Waals surface area contributed by atoms with Crippen LogP contribution in [-0.2, 0) is 7.05 Å². The van der Waals surface area contributed by atoms with Crippen molar-refractivity contribution in [1.29, 1.82) is 0 Å². The van der Waals surface area contributed by atoms with Crippen LogP contribution in [0, 0.1) is 6.92 Å². The molecule has 1 amide bonds. The number of imidazole rings is 1. The predicted molar refractivity (Wildman–Crippen MR) is 76.0 cm³/mol. The Bertz CT molecular complexity index is 852. The Balaban J connectivity index is 1.90. The maximum absolute atomic E-state index is 12.9. The lowest BCUT2D eigenvalue weighted by atomic mass is 10.3. The predicted octanol–water partition coefficient (Wildman–Crippen LogP) is 2.57. The molecule has 0 atom stereocenters. The van der Waals surface area contributed by atoms with Gasteiger partial charge in [-0.1, -0.05) is 6.07 Å². The molecule has 3 aromatic heterocycles. The Morgan fingerprint density at radius 3 is 2.77 bits per heavy atom. The van der Waals surface area contributed by atoms with E-state index in [1.807, 2.05) is 19.2 Å². The molecule has 3 heterocycles. The van der Waals surface area contributed by atoms with Gasteiger partial charge in [0.2, 0.25) is 0 Å². The average molecular weight is 305 g/mol. The topological polar surface area (TPSA) is 64.2 Å². The van der Waals surface area contributed by atoms with Crippen LogP contribution in [0.15, 0.2) is 30.7 Å². The number of amides is 1. The highest BCUT2D eigenvalue weighted by Crippen LogP contribution is 2.25. The van der Waals surface area contributed by atoms with Crippen molar-refractivity contribution in [2.75, 3.05) is 5.32 Å². The van der Waals surface area contributed by atoms with Crippen molar-refractivity contribution in [1.82, 2.24) is 19.2 Å². The summed E-state index contributed by atoms with van der Waals surface area (Å²) in [7, 11) is 1.51. The third kappa shape index (κ3) is 2.54. The molecule has 0 aromatic carbocycles. The van der Waals surface area contributed by atoms with Crippen molar-refractivity contribution in [3.63, 3.8) is 0 Å². The van der Waals surface area contributed by atoms with Crippen LogP contribution in [0.1, 0.15) is 28.2 Å². The number of hydrogen-bond acceptors (Lipinski definition) is 3. The van der Waals surface area contributed by atoms with Gasteiger partial charge in [-0.05, 0) is 18.6 Å². The molecule has 0 saturated carbocycles. The zero-order valence-corrected chi connectivity index (χ0v) is 11.9.